The first-order valence-corrected chi connectivity index (χ1v) is 8.93. The number of hydrogen-bond donors (Lipinski definition) is 0. The summed E-state index contributed by atoms with van der Waals surface area (Å²) in [5.74, 6) is 0.162. The van der Waals surface area contributed by atoms with Crippen LogP contribution in [-0.4, -0.2) is 4.98 Å². The first-order chi connectivity index (χ1) is 13.0. The van der Waals surface area contributed by atoms with Crippen molar-refractivity contribution in [3.63, 3.8) is 0 Å². The van der Waals surface area contributed by atoms with E-state index in [0.29, 0.717) is 33.5 Å². The van der Waals surface area contributed by atoms with Gasteiger partial charge in [-0.25, -0.2) is 9.37 Å². The fourth-order valence-electron chi connectivity index (χ4n) is 2.61. The van der Waals surface area contributed by atoms with Crippen LogP contribution in [0.2, 0.25) is 10.0 Å². The normalized spacial score (nSPS) is 10.5. The van der Waals surface area contributed by atoms with E-state index in [1.807, 2.05) is 19.1 Å². The van der Waals surface area contributed by atoms with Crippen LogP contribution in [0.15, 0.2) is 48.5 Å². The van der Waals surface area contributed by atoms with Crippen molar-refractivity contribution in [2.75, 3.05) is 0 Å². The highest BCUT2D eigenvalue weighted by Gasteiger charge is 2.11. The van der Waals surface area contributed by atoms with Crippen molar-refractivity contribution in [3.05, 3.63) is 92.5 Å². The maximum absolute atomic E-state index is 14.0. The number of ether oxygens (including phenoxy) is 1. The largest absolute Gasteiger partial charge is 0.489 e. The topological polar surface area (TPSA) is 45.9 Å². The first-order valence-electron chi connectivity index (χ1n) is 8.18. The van der Waals surface area contributed by atoms with Gasteiger partial charge in [-0.05, 0) is 48.9 Å². The molecule has 1 aromatic heterocycles. The molecule has 0 N–H and O–H groups in total. The Kier molecular flexibility index (Phi) is 5.95. The minimum atomic E-state index is -0.419. The molecule has 0 bridgehead atoms. The monoisotopic (exact) mass is 400 g/mol. The van der Waals surface area contributed by atoms with Crippen molar-refractivity contribution in [2.24, 2.45) is 0 Å². The van der Waals surface area contributed by atoms with Gasteiger partial charge in [0.05, 0.1) is 0 Å². The molecule has 27 heavy (non-hydrogen) atoms. The summed E-state index contributed by atoms with van der Waals surface area (Å²) in [6, 6.07) is 15.3. The summed E-state index contributed by atoms with van der Waals surface area (Å²) in [5.41, 5.74) is 3.29. The van der Waals surface area contributed by atoms with Gasteiger partial charge in [0.1, 0.15) is 29.9 Å². The Morgan fingerprint density at radius 1 is 1.04 bits per heavy atom. The number of halogens is 3. The molecule has 0 saturated heterocycles. The van der Waals surface area contributed by atoms with Crippen molar-refractivity contribution in [1.29, 1.82) is 5.26 Å². The lowest BCUT2D eigenvalue weighted by atomic mass is 10.0. The van der Waals surface area contributed by atoms with Gasteiger partial charge >= 0.3 is 0 Å². The zero-order valence-corrected chi connectivity index (χ0v) is 16.0. The molecule has 1 heterocycles. The highest BCUT2D eigenvalue weighted by atomic mass is 35.5. The van der Waals surface area contributed by atoms with Crippen molar-refractivity contribution in [1.82, 2.24) is 4.98 Å². The van der Waals surface area contributed by atoms with E-state index in [9.17, 15) is 4.39 Å². The van der Waals surface area contributed by atoms with Gasteiger partial charge in [-0.3, -0.25) is 0 Å². The zero-order valence-electron chi connectivity index (χ0n) is 14.5. The van der Waals surface area contributed by atoms with Gasteiger partial charge in [0.2, 0.25) is 0 Å². The number of aryl methyl sites for hydroxylation is 1. The van der Waals surface area contributed by atoms with Crippen LogP contribution in [0, 0.1) is 24.1 Å². The van der Waals surface area contributed by atoms with Crippen molar-refractivity contribution in [3.8, 4) is 11.8 Å². The Bertz CT molecular complexity index is 1030. The fourth-order valence-corrected chi connectivity index (χ4v) is 2.97. The molecule has 3 aromatic rings. The summed E-state index contributed by atoms with van der Waals surface area (Å²) in [5, 5.41) is 9.97. The van der Waals surface area contributed by atoms with Crippen LogP contribution in [-0.2, 0) is 13.0 Å². The van der Waals surface area contributed by atoms with Crippen molar-refractivity contribution >= 4 is 23.2 Å². The molecule has 0 spiro atoms. The molecule has 0 aliphatic rings. The van der Waals surface area contributed by atoms with Gasteiger partial charge in [0, 0.05) is 33.3 Å². The van der Waals surface area contributed by atoms with Crippen molar-refractivity contribution in [2.45, 2.75) is 20.0 Å². The smallest absolute Gasteiger partial charge is 0.140 e. The van der Waals surface area contributed by atoms with Gasteiger partial charge in [-0.15, -0.1) is 0 Å². The zero-order chi connectivity index (χ0) is 19.4. The minimum absolute atomic E-state index is 0.0578. The highest BCUT2D eigenvalue weighted by molar-refractivity contribution is 6.30. The van der Waals surface area contributed by atoms with Gasteiger partial charge in [0.25, 0.3) is 0 Å². The summed E-state index contributed by atoms with van der Waals surface area (Å²) < 4.78 is 19.8. The Balaban J connectivity index is 1.86. The van der Waals surface area contributed by atoms with E-state index in [0.717, 1.165) is 16.8 Å². The van der Waals surface area contributed by atoms with Gasteiger partial charge in [-0.2, -0.15) is 5.26 Å². The highest BCUT2D eigenvalue weighted by Crippen LogP contribution is 2.27. The predicted molar refractivity (Wildman–Crippen MR) is 104 cm³/mol. The molecule has 0 saturated carbocycles. The quantitative estimate of drug-likeness (QED) is 0.537. The molecule has 3 nitrogen and oxygen atoms in total. The summed E-state index contributed by atoms with van der Waals surface area (Å²) >= 11 is 11.9. The van der Waals surface area contributed by atoms with Gasteiger partial charge in [-0.1, -0.05) is 35.3 Å². The molecular formula is C21H15Cl2FN2O. The van der Waals surface area contributed by atoms with Gasteiger partial charge in [0.15, 0.2) is 0 Å². The standard InChI is InChI=1S/C21H15Cl2FN2O/c1-13-2-6-18(11-25)26-20(13)9-15-8-16(22)5-7-21(15)27-12-14-3-4-17(23)10-19(14)24/h2-8,10H,9,12H2,1H3. The molecule has 2 aromatic carbocycles. The second kappa shape index (κ2) is 8.39. The van der Waals surface area contributed by atoms with Crippen molar-refractivity contribution < 1.29 is 9.13 Å². The third-order valence-corrected chi connectivity index (χ3v) is 4.57. The van der Waals surface area contributed by atoms with E-state index in [1.54, 1.807) is 36.4 Å². The molecule has 0 fully saturated rings. The van der Waals surface area contributed by atoms with Crippen LogP contribution >= 0.6 is 23.2 Å². The number of aromatic nitrogens is 1. The van der Waals surface area contributed by atoms with E-state index in [1.165, 1.54) is 6.07 Å². The lowest BCUT2D eigenvalue weighted by Crippen LogP contribution is -2.03. The lowest BCUT2D eigenvalue weighted by molar-refractivity contribution is 0.297. The van der Waals surface area contributed by atoms with Crippen LogP contribution < -0.4 is 4.74 Å². The molecule has 0 unspecified atom stereocenters. The Morgan fingerprint density at radius 3 is 2.52 bits per heavy atom. The predicted octanol–water partition coefficient (Wildman–Crippen LogP) is 5.88. The molecule has 6 heteroatoms. The number of nitrogens with zero attached hydrogens (tertiary/aromatic N) is 2. The average Bonchev–Trinajstić information content (AvgIpc) is 2.64. The second-order valence-corrected chi connectivity index (χ2v) is 6.90. The first kappa shape index (κ1) is 19.2. The van der Waals surface area contributed by atoms with Crippen LogP contribution in [0.5, 0.6) is 5.75 Å². The van der Waals surface area contributed by atoms with Crippen LogP contribution in [0.3, 0.4) is 0 Å². The minimum Gasteiger partial charge on any atom is -0.489 e. The number of rotatable bonds is 5. The summed E-state index contributed by atoms with van der Waals surface area (Å²) in [7, 11) is 0. The van der Waals surface area contributed by atoms with Crippen LogP contribution in [0.25, 0.3) is 0 Å². The van der Waals surface area contributed by atoms with E-state index in [4.69, 9.17) is 33.2 Å². The molecule has 0 aliphatic carbocycles. The summed E-state index contributed by atoms with van der Waals surface area (Å²) in [6.07, 6.45) is 0.445. The average molecular weight is 401 g/mol. The van der Waals surface area contributed by atoms with E-state index < -0.39 is 5.82 Å². The molecule has 0 amide bonds. The number of benzene rings is 2. The molecule has 0 aliphatic heterocycles. The number of pyridine rings is 1. The molecule has 0 atom stereocenters. The number of hydrogen-bond acceptors (Lipinski definition) is 3. The van der Waals surface area contributed by atoms with E-state index in [-0.39, 0.29) is 6.61 Å². The molecule has 136 valence electrons. The Morgan fingerprint density at radius 2 is 1.78 bits per heavy atom. The van der Waals surface area contributed by atoms with E-state index in [2.05, 4.69) is 4.98 Å². The second-order valence-electron chi connectivity index (χ2n) is 6.03. The lowest BCUT2D eigenvalue weighted by Gasteiger charge is -2.13. The molecule has 3 rings (SSSR count). The third kappa shape index (κ3) is 4.77. The Labute approximate surface area is 167 Å². The third-order valence-electron chi connectivity index (χ3n) is 4.10. The maximum Gasteiger partial charge on any atom is 0.140 e. The maximum atomic E-state index is 14.0. The molecular weight excluding hydrogens is 386 g/mol. The number of nitriles is 1. The summed E-state index contributed by atoms with van der Waals surface area (Å²) in [6.45, 7) is 1.99. The van der Waals surface area contributed by atoms with Gasteiger partial charge < -0.3 is 4.74 Å². The fraction of sp³-hybridized carbons (Fsp3) is 0.143. The van der Waals surface area contributed by atoms with Crippen LogP contribution in [0.1, 0.15) is 28.1 Å². The summed E-state index contributed by atoms with van der Waals surface area (Å²) in [4.78, 5) is 4.36. The van der Waals surface area contributed by atoms with E-state index >= 15 is 0 Å². The molecule has 0 radical (unpaired) electrons. The van der Waals surface area contributed by atoms with Crippen LogP contribution in [0.4, 0.5) is 4.39 Å². The Hall–Kier alpha value is -2.61. The SMILES string of the molecule is Cc1ccc(C#N)nc1Cc1cc(Cl)ccc1OCc1ccc(Cl)cc1F.